The number of piperidine rings is 1. The first kappa shape index (κ1) is 20.9. The lowest BCUT2D eigenvalue weighted by Crippen LogP contribution is -2.39. The molecule has 3 heterocycles. The van der Waals surface area contributed by atoms with Crippen LogP contribution in [0.3, 0.4) is 0 Å². The van der Waals surface area contributed by atoms with Crippen LogP contribution in [0.2, 0.25) is 0 Å². The molecular weight excluding hydrogens is 400 g/mol. The number of amides is 1. The number of thioether (sulfide) groups is 1. The number of rotatable bonds is 6. The molecule has 2 aromatic rings. The fraction of sp³-hybridized carbons (Fsp3) is 0.524. The van der Waals surface area contributed by atoms with Gasteiger partial charge in [-0.2, -0.15) is 15.0 Å². The number of benzene rings is 1. The summed E-state index contributed by atoms with van der Waals surface area (Å²) in [6.45, 7) is 6.72. The topological polar surface area (TPSA) is 83.5 Å². The molecule has 0 radical (unpaired) electrons. The Bertz CT molecular complexity index is 839. The lowest BCUT2D eigenvalue weighted by molar-refractivity contribution is -0.129. The SMILES string of the molecule is CC1CCN(C(=O)CSc2nc(Nc3ccccc3)nc(N3CCOCC3)n2)CC1. The van der Waals surface area contributed by atoms with Gasteiger partial charge < -0.3 is 19.9 Å². The van der Waals surface area contributed by atoms with Crippen molar-refractivity contribution in [1.82, 2.24) is 19.9 Å². The minimum Gasteiger partial charge on any atom is -0.378 e. The zero-order valence-electron chi connectivity index (χ0n) is 17.3. The number of likely N-dealkylation sites (tertiary alicyclic amines) is 1. The fourth-order valence-corrected chi connectivity index (χ4v) is 4.23. The van der Waals surface area contributed by atoms with Crippen molar-refractivity contribution < 1.29 is 9.53 Å². The van der Waals surface area contributed by atoms with Crippen LogP contribution in [0.25, 0.3) is 0 Å². The number of hydrogen-bond donors (Lipinski definition) is 1. The third-order valence-electron chi connectivity index (χ3n) is 5.39. The molecule has 2 aliphatic rings. The van der Waals surface area contributed by atoms with Gasteiger partial charge >= 0.3 is 0 Å². The smallest absolute Gasteiger partial charge is 0.233 e. The highest BCUT2D eigenvalue weighted by Gasteiger charge is 2.22. The molecule has 0 atom stereocenters. The number of hydrogen-bond acceptors (Lipinski definition) is 8. The fourth-order valence-electron chi connectivity index (χ4n) is 3.50. The normalized spacial score (nSPS) is 17.8. The molecule has 4 rings (SSSR count). The molecule has 2 fully saturated rings. The van der Waals surface area contributed by atoms with Crippen LogP contribution in [0.1, 0.15) is 19.8 Å². The first-order valence-corrected chi connectivity index (χ1v) is 11.5. The molecule has 2 saturated heterocycles. The Labute approximate surface area is 181 Å². The first-order chi connectivity index (χ1) is 14.7. The third-order valence-corrected chi connectivity index (χ3v) is 6.22. The van der Waals surface area contributed by atoms with Crippen LogP contribution in [-0.2, 0) is 9.53 Å². The van der Waals surface area contributed by atoms with Crippen LogP contribution in [0.5, 0.6) is 0 Å². The zero-order valence-corrected chi connectivity index (χ0v) is 18.1. The average Bonchev–Trinajstić information content (AvgIpc) is 2.79. The highest BCUT2D eigenvalue weighted by atomic mass is 32.2. The summed E-state index contributed by atoms with van der Waals surface area (Å²) < 4.78 is 5.45. The molecule has 1 amide bonds. The largest absolute Gasteiger partial charge is 0.378 e. The third kappa shape index (κ3) is 5.60. The summed E-state index contributed by atoms with van der Waals surface area (Å²) in [6, 6.07) is 9.81. The Morgan fingerprint density at radius 1 is 1.10 bits per heavy atom. The van der Waals surface area contributed by atoms with Crippen molar-refractivity contribution in [2.75, 3.05) is 55.4 Å². The van der Waals surface area contributed by atoms with Gasteiger partial charge in [0.1, 0.15) is 0 Å². The number of nitrogens with zero attached hydrogens (tertiary/aromatic N) is 5. The summed E-state index contributed by atoms with van der Waals surface area (Å²) in [5.74, 6) is 2.30. The predicted molar refractivity (Wildman–Crippen MR) is 118 cm³/mol. The highest BCUT2D eigenvalue weighted by molar-refractivity contribution is 7.99. The highest BCUT2D eigenvalue weighted by Crippen LogP contribution is 2.23. The van der Waals surface area contributed by atoms with Crippen LogP contribution in [0, 0.1) is 5.92 Å². The average molecular weight is 429 g/mol. The number of ether oxygens (including phenoxy) is 1. The molecule has 2 aliphatic heterocycles. The Hall–Kier alpha value is -2.39. The van der Waals surface area contributed by atoms with E-state index in [9.17, 15) is 4.79 Å². The minimum absolute atomic E-state index is 0.151. The summed E-state index contributed by atoms with van der Waals surface area (Å²) in [7, 11) is 0. The van der Waals surface area contributed by atoms with Gasteiger partial charge in [-0.1, -0.05) is 36.9 Å². The molecule has 9 heteroatoms. The second kappa shape index (κ2) is 10.1. The molecular formula is C21H28N6O2S. The van der Waals surface area contributed by atoms with Crippen molar-refractivity contribution in [3.8, 4) is 0 Å². The van der Waals surface area contributed by atoms with E-state index < -0.39 is 0 Å². The van der Waals surface area contributed by atoms with Gasteiger partial charge in [-0.15, -0.1) is 0 Å². The van der Waals surface area contributed by atoms with Crippen LogP contribution >= 0.6 is 11.8 Å². The van der Waals surface area contributed by atoms with Crippen LogP contribution in [0.15, 0.2) is 35.5 Å². The molecule has 0 aliphatic carbocycles. The van der Waals surface area contributed by atoms with Crippen molar-refractivity contribution in [2.45, 2.75) is 24.9 Å². The van der Waals surface area contributed by atoms with Crippen LogP contribution in [-0.4, -0.2) is 70.9 Å². The maximum Gasteiger partial charge on any atom is 0.233 e. The number of aromatic nitrogens is 3. The molecule has 0 unspecified atom stereocenters. The van der Waals surface area contributed by atoms with Gasteiger partial charge in [-0.3, -0.25) is 4.79 Å². The van der Waals surface area contributed by atoms with E-state index in [2.05, 4.69) is 32.1 Å². The summed E-state index contributed by atoms with van der Waals surface area (Å²) in [6.07, 6.45) is 2.16. The van der Waals surface area contributed by atoms with Gasteiger partial charge in [-0.25, -0.2) is 0 Å². The van der Waals surface area contributed by atoms with Gasteiger partial charge in [0.15, 0.2) is 5.16 Å². The van der Waals surface area contributed by atoms with Crippen molar-refractivity contribution >= 4 is 35.3 Å². The Morgan fingerprint density at radius 2 is 1.83 bits per heavy atom. The molecule has 0 bridgehead atoms. The standard InChI is InChI=1S/C21H28N6O2S/c1-16-7-9-26(10-8-16)18(28)15-30-21-24-19(22-17-5-3-2-4-6-17)23-20(25-21)27-11-13-29-14-12-27/h2-6,16H,7-15H2,1H3,(H,22,23,24,25). The Kier molecular flexibility index (Phi) is 7.01. The van der Waals surface area contributed by atoms with Crippen molar-refractivity contribution in [1.29, 1.82) is 0 Å². The molecule has 1 N–H and O–H groups in total. The summed E-state index contributed by atoms with van der Waals surface area (Å²) >= 11 is 1.37. The quantitative estimate of drug-likeness (QED) is 0.704. The second-order valence-corrected chi connectivity index (χ2v) is 8.63. The summed E-state index contributed by atoms with van der Waals surface area (Å²) in [5, 5.41) is 3.81. The van der Waals surface area contributed by atoms with E-state index in [-0.39, 0.29) is 5.91 Å². The predicted octanol–water partition coefficient (Wildman–Crippen LogP) is 2.80. The second-order valence-electron chi connectivity index (χ2n) is 7.68. The number of anilines is 3. The van der Waals surface area contributed by atoms with E-state index in [1.165, 1.54) is 11.8 Å². The zero-order chi connectivity index (χ0) is 20.8. The number of nitrogens with one attached hydrogen (secondary N) is 1. The molecule has 160 valence electrons. The summed E-state index contributed by atoms with van der Waals surface area (Å²) in [4.78, 5) is 30.5. The molecule has 0 spiro atoms. The van der Waals surface area contributed by atoms with Crippen LogP contribution in [0.4, 0.5) is 17.6 Å². The summed E-state index contributed by atoms with van der Waals surface area (Å²) in [5.41, 5.74) is 0.908. The Morgan fingerprint density at radius 3 is 2.57 bits per heavy atom. The van der Waals surface area contributed by atoms with E-state index in [0.717, 1.165) is 44.7 Å². The number of para-hydroxylation sites is 1. The minimum atomic E-state index is 0.151. The van der Waals surface area contributed by atoms with E-state index >= 15 is 0 Å². The molecule has 8 nitrogen and oxygen atoms in total. The maximum absolute atomic E-state index is 12.6. The first-order valence-electron chi connectivity index (χ1n) is 10.5. The van der Waals surface area contributed by atoms with E-state index in [0.29, 0.717) is 41.9 Å². The molecule has 30 heavy (non-hydrogen) atoms. The van der Waals surface area contributed by atoms with E-state index in [4.69, 9.17) is 4.74 Å². The van der Waals surface area contributed by atoms with Gasteiger partial charge in [0.25, 0.3) is 0 Å². The van der Waals surface area contributed by atoms with Gasteiger partial charge in [0.2, 0.25) is 17.8 Å². The van der Waals surface area contributed by atoms with Crippen molar-refractivity contribution in [3.63, 3.8) is 0 Å². The number of carbonyl (C=O) groups excluding carboxylic acids is 1. The number of carbonyl (C=O) groups is 1. The lowest BCUT2D eigenvalue weighted by atomic mass is 9.99. The molecule has 1 aromatic carbocycles. The Balaban J connectivity index is 1.47. The van der Waals surface area contributed by atoms with Crippen molar-refractivity contribution in [3.05, 3.63) is 30.3 Å². The van der Waals surface area contributed by atoms with Gasteiger partial charge in [0.05, 0.1) is 19.0 Å². The molecule has 0 saturated carbocycles. The molecule has 1 aromatic heterocycles. The van der Waals surface area contributed by atoms with Crippen LogP contribution < -0.4 is 10.2 Å². The number of morpholine rings is 1. The van der Waals surface area contributed by atoms with Gasteiger partial charge in [0, 0.05) is 31.9 Å². The van der Waals surface area contributed by atoms with E-state index in [1.54, 1.807) is 0 Å². The lowest BCUT2D eigenvalue weighted by Gasteiger charge is -2.30. The van der Waals surface area contributed by atoms with E-state index in [1.807, 2.05) is 35.2 Å². The monoisotopic (exact) mass is 428 g/mol. The van der Waals surface area contributed by atoms with Gasteiger partial charge in [-0.05, 0) is 30.9 Å². The maximum atomic E-state index is 12.6. The van der Waals surface area contributed by atoms with Crippen molar-refractivity contribution in [2.24, 2.45) is 5.92 Å².